The van der Waals surface area contributed by atoms with Crippen molar-refractivity contribution in [2.75, 3.05) is 10.2 Å². The number of benzene rings is 2. The zero-order chi connectivity index (χ0) is 18.1. The van der Waals surface area contributed by atoms with Gasteiger partial charge in [-0.2, -0.15) is 0 Å². The minimum atomic E-state index is -0.401. The van der Waals surface area contributed by atoms with Crippen LogP contribution in [0.25, 0.3) is 10.9 Å². The third-order valence-corrected chi connectivity index (χ3v) is 4.28. The Balaban J connectivity index is 1.65. The van der Waals surface area contributed by atoms with E-state index in [0.717, 1.165) is 15.8 Å². The first-order chi connectivity index (χ1) is 12.6. The van der Waals surface area contributed by atoms with Gasteiger partial charge in [0.1, 0.15) is 5.69 Å². The first-order valence-corrected chi connectivity index (χ1v) is 8.25. The molecule has 1 N–H and O–H groups in total. The first kappa shape index (κ1) is 16.0. The van der Waals surface area contributed by atoms with Gasteiger partial charge in [0.05, 0.1) is 16.9 Å². The fourth-order valence-corrected chi connectivity index (χ4v) is 3.00. The van der Waals surface area contributed by atoms with E-state index in [2.05, 4.69) is 10.3 Å². The fraction of sp³-hybridized carbons (Fsp3) is 0.100. The van der Waals surface area contributed by atoms with Gasteiger partial charge in [-0.1, -0.05) is 36.4 Å². The van der Waals surface area contributed by atoms with E-state index in [0.29, 0.717) is 11.4 Å². The van der Waals surface area contributed by atoms with Crippen LogP contribution in [0.15, 0.2) is 60.7 Å². The van der Waals surface area contributed by atoms with Gasteiger partial charge >= 0.3 is 0 Å². The lowest BCUT2D eigenvalue weighted by Crippen LogP contribution is -2.29. The Hall–Kier alpha value is -3.54. The molecular formula is C20H15N3O3. The predicted molar refractivity (Wildman–Crippen MR) is 97.9 cm³/mol. The van der Waals surface area contributed by atoms with Crippen molar-refractivity contribution >= 4 is 40.0 Å². The summed E-state index contributed by atoms with van der Waals surface area (Å²) >= 11 is 0. The number of para-hydroxylation sites is 3. The summed E-state index contributed by atoms with van der Waals surface area (Å²) in [5.41, 5.74) is 1.76. The number of hydrogen-bond acceptors (Lipinski definition) is 4. The summed E-state index contributed by atoms with van der Waals surface area (Å²) in [5.74, 6) is -0.927. The van der Waals surface area contributed by atoms with Gasteiger partial charge in [0.2, 0.25) is 11.8 Å². The second-order valence-electron chi connectivity index (χ2n) is 5.98. The lowest BCUT2D eigenvalue weighted by atomic mass is 10.2. The van der Waals surface area contributed by atoms with Gasteiger partial charge in [-0.3, -0.25) is 14.4 Å². The Morgan fingerprint density at radius 1 is 0.885 bits per heavy atom. The zero-order valence-corrected chi connectivity index (χ0v) is 13.8. The first-order valence-electron chi connectivity index (χ1n) is 8.25. The van der Waals surface area contributed by atoms with Crippen LogP contribution in [-0.4, -0.2) is 22.7 Å². The van der Waals surface area contributed by atoms with Crippen molar-refractivity contribution in [3.63, 3.8) is 0 Å². The highest BCUT2D eigenvalue weighted by molar-refractivity contribution is 6.22. The van der Waals surface area contributed by atoms with E-state index in [1.165, 1.54) is 0 Å². The molecule has 4 rings (SSSR count). The summed E-state index contributed by atoms with van der Waals surface area (Å²) in [7, 11) is 0. The standard InChI is InChI=1S/C20H15N3O3/c24-18-11-12-19(25)23(18)17-8-4-3-7-15(17)22-20(26)16-10-9-13-5-1-2-6-14(13)21-16/h1-10H,11-12H2,(H,22,26). The number of pyridine rings is 1. The van der Waals surface area contributed by atoms with Gasteiger partial charge in [0.25, 0.3) is 5.91 Å². The summed E-state index contributed by atoms with van der Waals surface area (Å²) in [6.45, 7) is 0. The predicted octanol–water partition coefficient (Wildman–Crippen LogP) is 3.14. The second kappa shape index (κ2) is 6.40. The molecule has 0 atom stereocenters. The lowest BCUT2D eigenvalue weighted by Gasteiger charge is -2.18. The molecule has 1 aliphatic heterocycles. The van der Waals surface area contributed by atoms with Gasteiger partial charge in [-0.15, -0.1) is 0 Å². The van der Waals surface area contributed by atoms with Crippen LogP contribution in [0.3, 0.4) is 0 Å². The summed E-state index contributed by atoms with van der Waals surface area (Å²) in [6.07, 6.45) is 0.376. The summed E-state index contributed by atoms with van der Waals surface area (Å²) in [5, 5.41) is 3.70. The second-order valence-corrected chi connectivity index (χ2v) is 5.98. The molecule has 6 heteroatoms. The number of imide groups is 1. The van der Waals surface area contributed by atoms with Crippen molar-refractivity contribution in [3.8, 4) is 0 Å². The highest BCUT2D eigenvalue weighted by Gasteiger charge is 2.32. The van der Waals surface area contributed by atoms with Crippen molar-refractivity contribution in [3.05, 3.63) is 66.4 Å². The smallest absolute Gasteiger partial charge is 0.274 e. The molecule has 0 spiro atoms. The third kappa shape index (κ3) is 2.82. The van der Waals surface area contributed by atoms with Crippen LogP contribution in [0.1, 0.15) is 23.3 Å². The molecule has 0 aliphatic carbocycles. The van der Waals surface area contributed by atoms with Crippen LogP contribution in [0.5, 0.6) is 0 Å². The van der Waals surface area contributed by atoms with Gasteiger partial charge in [0, 0.05) is 18.2 Å². The number of anilines is 2. The van der Waals surface area contributed by atoms with Crippen LogP contribution < -0.4 is 10.2 Å². The molecule has 0 radical (unpaired) electrons. The quantitative estimate of drug-likeness (QED) is 0.740. The van der Waals surface area contributed by atoms with Crippen LogP contribution >= 0.6 is 0 Å². The maximum Gasteiger partial charge on any atom is 0.274 e. The van der Waals surface area contributed by atoms with E-state index in [4.69, 9.17) is 0 Å². The summed E-state index contributed by atoms with van der Waals surface area (Å²) < 4.78 is 0. The average Bonchev–Trinajstić information content (AvgIpc) is 3.00. The molecule has 1 saturated heterocycles. The maximum absolute atomic E-state index is 12.6. The van der Waals surface area contributed by atoms with Crippen LogP contribution in [0.4, 0.5) is 11.4 Å². The molecule has 6 nitrogen and oxygen atoms in total. The topological polar surface area (TPSA) is 79.4 Å². The third-order valence-electron chi connectivity index (χ3n) is 4.28. The van der Waals surface area contributed by atoms with Crippen molar-refractivity contribution in [2.45, 2.75) is 12.8 Å². The Morgan fingerprint density at radius 3 is 2.38 bits per heavy atom. The molecule has 3 aromatic rings. The molecule has 1 aliphatic rings. The van der Waals surface area contributed by atoms with Crippen molar-refractivity contribution in [2.24, 2.45) is 0 Å². The molecule has 0 saturated carbocycles. The molecule has 128 valence electrons. The van der Waals surface area contributed by atoms with Crippen LogP contribution in [0, 0.1) is 0 Å². The number of nitrogens with zero attached hydrogens (tertiary/aromatic N) is 2. The highest BCUT2D eigenvalue weighted by atomic mass is 16.2. The summed E-state index contributed by atoms with van der Waals surface area (Å²) in [4.78, 5) is 42.2. The Morgan fingerprint density at radius 2 is 1.58 bits per heavy atom. The fourth-order valence-electron chi connectivity index (χ4n) is 3.00. The molecule has 2 aromatic carbocycles. The zero-order valence-electron chi connectivity index (χ0n) is 13.8. The summed E-state index contributed by atoms with van der Waals surface area (Å²) in [6, 6.07) is 17.8. The molecule has 1 aromatic heterocycles. The lowest BCUT2D eigenvalue weighted by molar-refractivity contribution is -0.121. The van der Waals surface area contributed by atoms with Crippen molar-refractivity contribution in [1.29, 1.82) is 0 Å². The van der Waals surface area contributed by atoms with E-state index in [-0.39, 0.29) is 30.3 Å². The van der Waals surface area contributed by atoms with Gasteiger partial charge in [-0.25, -0.2) is 9.88 Å². The average molecular weight is 345 g/mol. The van der Waals surface area contributed by atoms with E-state index in [1.54, 1.807) is 30.3 Å². The number of fused-ring (bicyclic) bond motifs is 1. The molecule has 0 bridgehead atoms. The van der Waals surface area contributed by atoms with E-state index >= 15 is 0 Å². The molecule has 0 unspecified atom stereocenters. The number of hydrogen-bond donors (Lipinski definition) is 1. The number of nitrogens with one attached hydrogen (secondary N) is 1. The maximum atomic E-state index is 12.6. The Labute approximate surface area is 149 Å². The van der Waals surface area contributed by atoms with E-state index in [9.17, 15) is 14.4 Å². The number of carbonyl (C=O) groups excluding carboxylic acids is 3. The van der Waals surface area contributed by atoms with Gasteiger partial charge in [0.15, 0.2) is 0 Å². The molecule has 2 heterocycles. The van der Waals surface area contributed by atoms with Crippen LogP contribution in [0.2, 0.25) is 0 Å². The Bertz CT molecular complexity index is 1030. The number of aromatic nitrogens is 1. The Kier molecular flexibility index (Phi) is 3.93. The number of rotatable bonds is 3. The minimum Gasteiger partial charge on any atom is -0.319 e. The monoisotopic (exact) mass is 345 g/mol. The normalized spacial score (nSPS) is 14.1. The molecular weight excluding hydrogens is 330 g/mol. The molecule has 3 amide bonds. The molecule has 1 fully saturated rings. The largest absolute Gasteiger partial charge is 0.319 e. The molecule has 26 heavy (non-hydrogen) atoms. The van der Waals surface area contributed by atoms with E-state index in [1.807, 2.05) is 30.3 Å². The number of carbonyl (C=O) groups is 3. The van der Waals surface area contributed by atoms with Gasteiger partial charge < -0.3 is 5.32 Å². The van der Waals surface area contributed by atoms with Gasteiger partial charge in [-0.05, 0) is 24.3 Å². The minimum absolute atomic E-state index is 0.188. The van der Waals surface area contributed by atoms with Crippen LogP contribution in [-0.2, 0) is 9.59 Å². The highest BCUT2D eigenvalue weighted by Crippen LogP contribution is 2.30. The number of amides is 3. The SMILES string of the molecule is O=C(Nc1ccccc1N1C(=O)CCC1=O)c1ccc2ccccc2n1. The van der Waals surface area contributed by atoms with Crippen molar-refractivity contribution < 1.29 is 14.4 Å². The van der Waals surface area contributed by atoms with E-state index < -0.39 is 5.91 Å². The van der Waals surface area contributed by atoms with Crippen molar-refractivity contribution in [1.82, 2.24) is 4.98 Å².